The third kappa shape index (κ3) is 4.04. The second-order valence-corrected chi connectivity index (χ2v) is 8.46. The number of nitrogens with zero attached hydrogens (tertiary/aromatic N) is 2. The van der Waals surface area contributed by atoms with Gasteiger partial charge in [-0.2, -0.15) is 0 Å². The Balaban J connectivity index is 1.51. The lowest BCUT2D eigenvalue weighted by Gasteiger charge is -2.36. The molecule has 1 aliphatic carbocycles. The zero-order valence-corrected chi connectivity index (χ0v) is 16.9. The second kappa shape index (κ2) is 8.30. The summed E-state index contributed by atoms with van der Waals surface area (Å²) in [5.74, 6) is -1.48. The molecule has 2 aliphatic rings. The molecule has 2 heterocycles. The van der Waals surface area contributed by atoms with Gasteiger partial charge in [0, 0.05) is 11.9 Å². The van der Waals surface area contributed by atoms with Crippen LogP contribution >= 0.6 is 11.3 Å². The Morgan fingerprint density at radius 3 is 2.86 bits per heavy atom. The molecule has 3 rings (SSSR count). The summed E-state index contributed by atoms with van der Waals surface area (Å²) in [5.41, 5.74) is -0.910. The molecule has 2 atom stereocenters. The Kier molecular flexibility index (Phi) is 6.02. The molecule has 8 nitrogen and oxygen atoms in total. The fraction of sp³-hybridized carbons (Fsp3) is 0.579. The van der Waals surface area contributed by atoms with Crippen LogP contribution in [0.15, 0.2) is 17.5 Å². The number of hydrogen-bond acceptors (Lipinski definition) is 6. The lowest BCUT2D eigenvalue weighted by Crippen LogP contribution is -2.54. The van der Waals surface area contributed by atoms with Gasteiger partial charge in [-0.1, -0.05) is 25.8 Å². The zero-order valence-electron chi connectivity index (χ0n) is 16.1. The van der Waals surface area contributed by atoms with Crippen molar-refractivity contribution >= 4 is 35.2 Å². The van der Waals surface area contributed by atoms with Crippen LogP contribution < -0.4 is 5.32 Å². The van der Waals surface area contributed by atoms with E-state index in [1.54, 1.807) is 7.05 Å². The van der Waals surface area contributed by atoms with E-state index in [1.165, 1.54) is 16.2 Å². The van der Waals surface area contributed by atoms with Gasteiger partial charge < -0.3 is 15.0 Å². The number of carbonyl (C=O) groups is 4. The second-order valence-electron chi connectivity index (χ2n) is 7.43. The normalized spacial score (nSPS) is 24.4. The fourth-order valence-corrected chi connectivity index (χ4v) is 4.55. The molecule has 1 N–H and O–H groups in total. The van der Waals surface area contributed by atoms with Crippen LogP contribution in [0.4, 0.5) is 4.79 Å². The molecule has 2 fully saturated rings. The van der Waals surface area contributed by atoms with Crippen molar-refractivity contribution in [3.8, 4) is 0 Å². The number of urea groups is 1. The van der Waals surface area contributed by atoms with Gasteiger partial charge >= 0.3 is 12.0 Å². The summed E-state index contributed by atoms with van der Waals surface area (Å²) in [6, 6.07) is 3.24. The maximum Gasteiger partial charge on any atom is 0.326 e. The molecular formula is C19H25N3O5S. The van der Waals surface area contributed by atoms with Gasteiger partial charge in [-0.05, 0) is 30.2 Å². The maximum atomic E-state index is 12.8. The standard InChI is InChI=1S/C19H25N3O5S/c1-13-6-3-4-8-19(13)17(25)22(18(26)20-19)11-16(24)27-12-15(23)21(2)10-14-7-5-9-28-14/h5,7,9,13H,3-4,6,8,10-12H2,1-2H3,(H,20,26)/t13-,19+/m1/s1. The molecular weight excluding hydrogens is 382 g/mol. The molecule has 0 radical (unpaired) electrons. The molecule has 1 aliphatic heterocycles. The van der Waals surface area contributed by atoms with E-state index in [0.717, 1.165) is 29.0 Å². The molecule has 1 saturated heterocycles. The van der Waals surface area contributed by atoms with Crippen molar-refractivity contribution in [3.63, 3.8) is 0 Å². The number of rotatable bonds is 6. The van der Waals surface area contributed by atoms with Gasteiger partial charge in [0.15, 0.2) is 6.61 Å². The smallest absolute Gasteiger partial charge is 0.326 e. The molecule has 1 saturated carbocycles. The van der Waals surface area contributed by atoms with Gasteiger partial charge in [-0.15, -0.1) is 11.3 Å². The zero-order chi connectivity index (χ0) is 20.3. The van der Waals surface area contributed by atoms with Crippen molar-refractivity contribution in [2.75, 3.05) is 20.2 Å². The van der Waals surface area contributed by atoms with E-state index < -0.39 is 30.7 Å². The minimum Gasteiger partial charge on any atom is -0.454 e. The van der Waals surface area contributed by atoms with E-state index in [9.17, 15) is 19.2 Å². The highest BCUT2D eigenvalue weighted by Crippen LogP contribution is 2.38. The minimum atomic E-state index is -0.910. The molecule has 4 amide bonds. The van der Waals surface area contributed by atoms with E-state index >= 15 is 0 Å². The summed E-state index contributed by atoms with van der Waals surface area (Å²) in [7, 11) is 1.63. The Labute approximate surface area is 167 Å². The molecule has 0 aromatic carbocycles. The highest BCUT2D eigenvalue weighted by molar-refractivity contribution is 7.09. The molecule has 0 bridgehead atoms. The highest BCUT2D eigenvalue weighted by Gasteiger charge is 2.55. The average molecular weight is 407 g/mol. The number of thiophene rings is 1. The van der Waals surface area contributed by atoms with Crippen molar-refractivity contribution in [1.82, 2.24) is 15.1 Å². The van der Waals surface area contributed by atoms with Crippen LogP contribution in [-0.4, -0.2) is 59.4 Å². The molecule has 1 spiro atoms. The third-order valence-electron chi connectivity index (χ3n) is 5.54. The molecule has 9 heteroatoms. The minimum absolute atomic E-state index is 0.0196. The molecule has 1 aromatic heterocycles. The van der Waals surface area contributed by atoms with E-state index in [-0.39, 0.29) is 17.7 Å². The van der Waals surface area contributed by atoms with Crippen molar-refractivity contribution in [2.24, 2.45) is 5.92 Å². The van der Waals surface area contributed by atoms with Crippen LogP contribution in [0.1, 0.15) is 37.5 Å². The van der Waals surface area contributed by atoms with Crippen LogP contribution in [0.2, 0.25) is 0 Å². The number of carbonyl (C=O) groups excluding carboxylic acids is 4. The van der Waals surface area contributed by atoms with Gasteiger partial charge in [-0.25, -0.2) is 4.79 Å². The first kappa shape index (κ1) is 20.3. The first-order valence-corrected chi connectivity index (χ1v) is 10.3. The number of nitrogens with one attached hydrogen (secondary N) is 1. The predicted molar refractivity (Wildman–Crippen MR) is 102 cm³/mol. The lowest BCUT2D eigenvalue weighted by molar-refractivity contribution is -0.153. The largest absolute Gasteiger partial charge is 0.454 e. The average Bonchev–Trinajstić information content (AvgIpc) is 3.25. The van der Waals surface area contributed by atoms with Crippen LogP contribution in [0.5, 0.6) is 0 Å². The highest BCUT2D eigenvalue weighted by atomic mass is 32.1. The van der Waals surface area contributed by atoms with Crippen LogP contribution in [0, 0.1) is 5.92 Å². The summed E-state index contributed by atoms with van der Waals surface area (Å²) in [6.45, 7) is 1.47. The first-order valence-electron chi connectivity index (χ1n) is 9.39. The first-order chi connectivity index (χ1) is 13.3. The van der Waals surface area contributed by atoms with E-state index in [1.807, 2.05) is 24.4 Å². The fourth-order valence-electron chi connectivity index (χ4n) is 3.79. The lowest BCUT2D eigenvalue weighted by atomic mass is 9.73. The quantitative estimate of drug-likeness (QED) is 0.573. The number of hydrogen-bond donors (Lipinski definition) is 1. The summed E-state index contributed by atoms with van der Waals surface area (Å²) < 4.78 is 5.00. The van der Waals surface area contributed by atoms with Gasteiger partial charge in [0.2, 0.25) is 0 Å². The Morgan fingerprint density at radius 1 is 1.39 bits per heavy atom. The number of esters is 1. The van der Waals surface area contributed by atoms with Crippen molar-refractivity contribution in [3.05, 3.63) is 22.4 Å². The summed E-state index contributed by atoms with van der Waals surface area (Å²) in [4.78, 5) is 52.7. The SMILES string of the molecule is C[C@@H]1CCCC[C@]12NC(=O)N(CC(=O)OCC(=O)N(C)Cc1cccs1)C2=O. The summed E-state index contributed by atoms with van der Waals surface area (Å²) >= 11 is 1.54. The molecule has 1 aromatic rings. The molecule has 152 valence electrons. The number of ether oxygens (including phenoxy) is 1. The number of likely N-dealkylation sites (N-methyl/N-ethyl adjacent to an activating group) is 1. The van der Waals surface area contributed by atoms with Gasteiger partial charge in [0.25, 0.3) is 11.8 Å². The summed E-state index contributed by atoms with van der Waals surface area (Å²) in [6.07, 6.45) is 3.32. The topological polar surface area (TPSA) is 96.0 Å². The van der Waals surface area contributed by atoms with Crippen molar-refractivity contribution in [2.45, 2.75) is 44.7 Å². The van der Waals surface area contributed by atoms with Crippen molar-refractivity contribution in [1.29, 1.82) is 0 Å². The van der Waals surface area contributed by atoms with Gasteiger partial charge in [0.1, 0.15) is 12.1 Å². The predicted octanol–water partition coefficient (Wildman–Crippen LogP) is 1.75. The van der Waals surface area contributed by atoms with Gasteiger partial charge in [-0.3, -0.25) is 19.3 Å². The van der Waals surface area contributed by atoms with E-state index in [4.69, 9.17) is 4.74 Å². The maximum absolute atomic E-state index is 12.8. The van der Waals surface area contributed by atoms with Crippen LogP contribution in [-0.2, 0) is 25.7 Å². The van der Waals surface area contributed by atoms with E-state index in [2.05, 4.69) is 5.32 Å². The van der Waals surface area contributed by atoms with Crippen LogP contribution in [0.25, 0.3) is 0 Å². The third-order valence-corrected chi connectivity index (χ3v) is 6.41. The van der Waals surface area contributed by atoms with E-state index in [0.29, 0.717) is 13.0 Å². The van der Waals surface area contributed by atoms with Gasteiger partial charge in [0.05, 0.1) is 6.54 Å². The monoisotopic (exact) mass is 407 g/mol. The molecule has 0 unspecified atom stereocenters. The van der Waals surface area contributed by atoms with Crippen LogP contribution in [0.3, 0.4) is 0 Å². The Hall–Kier alpha value is -2.42. The Morgan fingerprint density at radius 2 is 2.18 bits per heavy atom. The molecule has 28 heavy (non-hydrogen) atoms. The van der Waals surface area contributed by atoms with Crippen molar-refractivity contribution < 1.29 is 23.9 Å². The number of imide groups is 1. The summed E-state index contributed by atoms with van der Waals surface area (Å²) in [5, 5.41) is 4.71. The Bertz CT molecular complexity index is 766. The number of amides is 4.